The molecule has 0 unspecified atom stereocenters. The Labute approximate surface area is 134 Å². The van der Waals surface area contributed by atoms with Gasteiger partial charge in [0, 0.05) is 30.1 Å². The van der Waals surface area contributed by atoms with Gasteiger partial charge in [0.05, 0.1) is 5.69 Å². The highest BCUT2D eigenvalue weighted by Gasteiger charge is 2.32. The van der Waals surface area contributed by atoms with Crippen LogP contribution in [0, 0.1) is 5.92 Å². The van der Waals surface area contributed by atoms with Crippen molar-refractivity contribution in [2.75, 3.05) is 11.4 Å². The summed E-state index contributed by atoms with van der Waals surface area (Å²) in [6.07, 6.45) is 2.67. The molecule has 1 saturated carbocycles. The van der Waals surface area contributed by atoms with Crippen LogP contribution in [0.2, 0.25) is 0 Å². The Kier molecular flexibility index (Phi) is 5.67. The SMILES string of the molecule is CC(C)CN(c1nc(C(C)C)c(CNC(C)C)s1)C1CC1. The molecule has 1 aliphatic carbocycles. The van der Waals surface area contributed by atoms with Crippen LogP contribution in [0.4, 0.5) is 5.13 Å². The van der Waals surface area contributed by atoms with Crippen molar-refractivity contribution in [1.82, 2.24) is 10.3 Å². The molecule has 0 aromatic carbocycles. The zero-order valence-electron chi connectivity index (χ0n) is 14.4. The molecule has 1 aromatic heterocycles. The van der Waals surface area contributed by atoms with Gasteiger partial charge in [0.2, 0.25) is 0 Å². The second-order valence-electron chi connectivity index (χ2n) is 7.27. The van der Waals surface area contributed by atoms with Crippen LogP contribution >= 0.6 is 11.3 Å². The van der Waals surface area contributed by atoms with E-state index in [0.29, 0.717) is 17.9 Å². The molecule has 3 nitrogen and oxygen atoms in total. The molecule has 1 aromatic rings. The molecule has 0 spiro atoms. The molecule has 21 heavy (non-hydrogen) atoms. The zero-order chi connectivity index (χ0) is 15.6. The van der Waals surface area contributed by atoms with Crippen molar-refractivity contribution in [3.63, 3.8) is 0 Å². The predicted molar refractivity (Wildman–Crippen MR) is 93.4 cm³/mol. The number of nitrogens with one attached hydrogen (secondary N) is 1. The Bertz CT molecular complexity index is 447. The van der Waals surface area contributed by atoms with E-state index in [1.54, 1.807) is 0 Å². The van der Waals surface area contributed by atoms with E-state index in [1.807, 2.05) is 11.3 Å². The van der Waals surface area contributed by atoms with E-state index in [-0.39, 0.29) is 0 Å². The van der Waals surface area contributed by atoms with E-state index < -0.39 is 0 Å². The normalized spacial score (nSPS) is 15.5. The fraction of sp³-hybridized carbons (Fsp3) is 0.824. The largest absolute Gasteiger partial charge is 0.345 e. The van der Waals surface area contributed by atoms with Crippen LogP contribution in [0.15, 0.2) is 0 Å². The minimum Gasteiger partial charge on any atom is -0.345 e. The highest BCUT2D eigenvalue weighted by atomic mass is 32.1. The Morgan fingerprint density at radius 2 is 1.86 bits per heavy atom. The first kappa shape index (κ1) is 16.8. The monoisotopic (exact) mass is 309 g/mol. The fourth-order valence-electron chi connectivity index (χ4n) is 2.51. The van der Waals surface area contributed by atoms with Gasteiger partial charge in [-0.05, 0) is 24.7 Å². The van der Waals surface area contributed by atoms with Gasteiger partial charge in [-0.2, -0.15) is 0 Å². The molecule has 0 saturated heterocycles. The smallest absolute Gasteiger partial charge is 0.186 e. The van der Waals surface area contributed by atoms with Gasteiger partial charge in [-0.15, -0.1) is 11.3 Å². The highest BCUT2D eigenvalue weighted by Crippen LogP contribution is 2.37. The number of thiazole rings is 1. The van der Waals surface area contributed by atoms with Crippen molar-refractivity contribution in [2.24, 2.45) is 5.92 Å². The third kappa shape index (κ3) is 4.68. The van der Waals surface area contributed by atoms with E-state index in [9.17, 15) is 0 Å². The predicted octanol–water partition coefficient (Wildman–Crippen LogP) is 4.39. The van der Waals surface area contributed by atoms with Gasteiger partial charge in [-0.25, -0.2) is 4.98 Å². The van der Waals surface area contributed by atoms with Crippen molar-refractivity contribution < 1.29 is 0 Å². The standard InChI is InChI=1S/C17H31N3S/c1-11(2)10-20(14-7-8-14)17-19-16(12(3)4)15(21-17)9-18-13(5)6/h11-14,18H,7-10H2,1-6H3. The number of nitrogens with zero attached hydrogens (tertiary/aromatic N) is 2. The van der Waals surface area contributed by atoms with Crippen molar-refractivity contribution >= 4 is 16.5 Å². The van der Waals surface area contributed by atoms with Crippen LogP contribution < -0.4 is 10.2 Å². The van der Waals surface area contributed by atoms with Crippen molar-refractivity contribution in [3.8, 4) is 0 Å². The van der Waals surface area contributed by atoms with Crippen LogP contribution in [0.1, 0.15) is 70.9 Å². The number of hydrogen-bond donors (Lipinski definition) is 1. The Morgan fingerprint density at radius 3 is 2.33 bits per heavy atom. The minimum absolute atomic E-state index is 0.499. The molecular formula is C17H31N3S. The average molecular weight is 310 g/mol. The van der Waals surface area contributed by atoms with E-state index in [2.05, 4.69) is 51.8 Å². The Morgan fingerprint density at radius 1 is 1.19 bits per heavy atom. The maximum Gasteiger partial charge on any atom is 0.186 e. The summed E-state index contributed by atoms with van der Waals surface area (Å²) in [5.74, 6) is 1.19. The molecule has 120 valence electrons. The number of rotatable bonds is 8. The Hall–Kier alpha value is -0.610. The molecule has 0 atom stereocenters. The lowest BCUT2D eigenvalue weighted by Crippen LogP contribution is -2.29. The second-order valence-corrected chi connectivity index (χ2v) is 8.33. The first-order valence-electron chi connectivity index (χ1n) is 8.38. The van der Waals surface area contributed by atoms with Gasteiger partial charge in [0.1, 0.15) is 0 Å². The maximum absolute atomic E-state index is 5.01. The first-order valence-corrected chi connectivity index (χ1v) is 9.19. The third-order valence-corrected chi connectivity index (χ3v) is 4.84. The number of anilines is 1. The van der Waals surface area contributed by atoms with Crippen LogP contribution in [-0.4, -0.2) is 23.6 Å². The van der Waals surface area contributed by atoms with Crippen LogP contribution in [-0.2, 0) is 6.54 Å². The van der Waals surface area contributed by atoms with E-state index in [0.717, 1.165) is 19.1 Å². The summed E-state index contributed by atoms with van der Waals surface area (Å²) in [6.45, 7) is 15.6. The molecule has 1 fully saturated rings. The summed E-state index contributed by atoms with van der Waals surface area (Å²) in [4.78, 5) is 8.98. The fourth-order valence-corrected chi connectivity index (χ4v) is 3.76. The van der Waals surface area contributed by atoms with E-state index in [4.69, 9.17) is 4.98 Å². The lowest BCUT2D eigenvalue weighted by atomic mass is 10.1. The molecule has 0 bridgehead atoms. The van der Waals surface area contributed by atoms with Gasteiger partial charge >= 0.3 is 0 Å². The van der Waals surface area contributed by atoms with Crippen LogP contribution in [0.25, 0.3) is 0 Å². The number of hydrogen-bond acceptors (Lipinski definition) is 4. The van der Waals surface area contributed by atoms with Gasteiger partial charge in [0.25, 0.3) is 0 Å². The summed E-state index contributed by atoms with van der Waals surface area (Å²) in [7, 11) is 0. The van der Waals surface area contributed by atoms with Crippen LogP contribution in [0.5, 0.6) is 0 Å². The summed E-state index contributed by atoms with van der Waals surface area (Å²) >= 11 is 1.90. The molecule has 0 amide bonds. The molecule has 0 radical (unpaired) electrons. The van der Waals surface area contributed by atoms with Crippen molar-refractivity contribution in [1.29, 1.82) is 0 Å². The van der Waals surface area contributed by atoms with E-state index >= 15 is 0 Å². The zero-order valence-corrected chi connectivity index (χ0v) is 15.3. The molecule has 1 heterocycles. The summed E-state index contributed by atoms with van der Waals surface area (Å²) in [5, 5.41) is 4.79. The van der Waals surface area contributed by atoms with Gasteiger partial charge in [-0.1, -0.05) is 41.5 Å². The van der Waals surface area contributed by atoms with E-state index in [1.165, 1.54) is 28.5 Å². The minimum atomic E-state index is 0.499. The summed E-state index contributed by atoms with van der Waals surface area (Å²) < 4.78 is 0. The lowest BCUT2D eigenvalue weighted by molar-refractivity contribution is 0.587. The molecule has 0 aliphatic heterocycles. The molecule has 4 heteroatoms. The topological polar surface area (TPSA) is 28.2 Å². The first-order chi connectivity index (χ1) is 9.88. The average Bonchev–Trinajstić information content (AvgIpc) is 3.12. The molecule has 1 aliphatic rings. The third-order valence-electron chi connectivity index (χ3n) is 3.73. The quantitative estimate of drug-likeness (QED) is 0.772. The summed E-state index contributed by atoms with van der Waals surface area (Å²) in [6, 6.07) is 1.26. The Balaban J connectivity index is 2.20. The molecular weight excluding hydrogens is 278 g/mol. The maximum atomic E-state index is 5.01. The van der Waals surface area contributed by atoms with Crippen molar-refractivity contribution in [3.05, 3.63) is 10.6 Å². The van der Waals surface area contributed by atoms with Crippen LogP contribution in [0.3, 0.4) is 0 Å². The highest BCUT2D eigenvalue weighted by molar-refractivity contribution is 7.15. The second kappa shape index (κ2) is 7.10. The van der Waals surface area contributed by atoms with Gasteiger partial charge in [0.15, 0.2) is 5.13 Å². The molecule has 1 N–H and O–H groups in total. The number of aromatic nitrogens is 1. The lowest BCUT2D eigenvalue weighted by Gasteiger charge is -2.23. The van der Waals surface area contributed by atoms with Gasteiger partial charge in [-0.3, -0.25) is 0 Å². The summed E-state index contributed by atoms with van der Waals surface area (Å²) in [5.41, 5.74) is 1.29. The molecule has 2 rings (SSSR count). The van der Waals surface area contributed by atoms with Crippen molar-refractivity contribution in [2.45, 2.75) is 78.9 Å². The van der Waals surface area contributed by atoms with Gasteiger partial charge < -0.3 is 10.2 Å².